The van der Waals surface area contributed by atoms with Crippen LogP contribution in [0, 0.1) is 11.8 Å². The van der Waals surface area contributed by atoms with E-state index in [4.69, 9.17) is 4.74 Å². The number of amides is 2. The highest BCUT2D eigenvalue weighted by Crippen LogP contribution is 2.47. The summed E-state index contributed by atoms with van der Waals surface area (Å²) in [5, 5.41) is 3.35. The maximum atomic E-state index is 12.1. The van der Waals surface area contributed by atoms with Crippen LogP contribution in [0.5, 0.6) is 5.75 Å². The number of hydrogen-bond donors (Lipinski definition) is 1. The highest BCUT2D eigenvalue weighted by Gasteiger charge is 2.58. The number of carbonyl (C=O) groups is 2. The quantitative estimate of drug-likeness (QED) is 0.803. The molecule has 112 valence electrons. The van der Waals surface area contributed by atoms with Gasteiger partial charge in [-0.3, -0.25) is 14.5 Å². The van der Waals surface area contributed by atoms with Crippen LogP contribution in [-0.2, 0) is 9.59 Å². The van der Waals surface area contributed by atoms with Crippen LogP contribution in [0.4, 0.5) is 0 Å². The van der Waals surface area contributed by atoms with Gasteiger partial charge in [-0.1, -0.05) is 25.1 Å². The second kappa shape index (κ2) is 5.48. The van der Waals surface area contributed by atoms with Gasteiger partial charge in [0.15, 0.2) is 0 Å². The Kier molecular flexibility index (Phi) is 3.68. The molecule has 3 rings (SSSR count). The minimum absolute atomic E-state index is 0.0113. The van der Waals surface area contributed by atoms with Crippen LogP contribution in [-0.4, -0.2) is 36.9 Å². The first-order valence-corrected chi connectivity index (χ1v) is 7.38. The van der Waals surface area contributed by atoms with Crippen molar-refractivity contribution in [3.05, 3.63) is 29.8 Å². The Bertz CT molecular complexity index is 552. The molecule has 1 N–H and O–H groups in total. The molecule has 1 saturated carbocycles. The van der Waals surface area contributed by atoms with E-state index < -0.39 is 0 Å². The van der Waals surface area contributed by atoms with Crippen molar-refractivity contribution in [2.45, 2.75) is 19.4 Å². The zero-order chi connectivity index (χ0) is 15.0. The van der Waals surface area contributed by atoms with Crippen LogP contribution < -0.4 is 10.1 Å². The standard InChI is InChI=1S/C16H20N2O3/c1-3-17-13(10-6-4-5-7-14(10)21-2)9-18-15(19)11-8-12(11)16(18)20/h4-7,11-13,17H,3,8-9H2,1-2H3. The lowest BCUT2D eigenvalue weighted by Gasteiger charge is -2.26. The van der Waals surface area contributed by atoms with Gasteiger partial charge in [-0.15, -0.1) is 0 Å². The summed E-state index contributed by atoms with van der Waals surface area (Å²) in [5.74, 6) is 0.660. The van der Waals surface area contributed by atoms with Gasteiger partial charge in [0.25, 0.3) is 0 Å². The number of hydrogen-bond acceptors (Lipinski definition) is 4. The molecule has 5 heteroatoms. The van der Waals surface area contributed by atoms with Crippen molar-refractivity contribution in [3.8, 4) is 5.75 Å². The molecule has 3 unspecified atom stereocenters. The first-order chi connectivity index (χ1) is 10.2. The van der Waals surface area contributed by atoms with Gasteiger partial charge in [0.05, 0.1) is 25.0 Å². The van der Waals surface area contributed by atoms with Gasteiger partial charge in [0.2, 0.25) is 11.8 Å². The SMILES string of the molecule is CCNC(CN1C(=O)C2CC2C1=O)c1ccccc1OC. The van der Waals surface area contributed by atoms with E-state index in [1.165, 1.54) is 4.90 Å². The molecule has 1 heterocycles. The number of benzene rings is 1. The Balaban J connectivity index is 1.82. The van der Waals surface area contributed by atoms with Crippen molar-refractivity contribution in [1.29, 1.82) is 0 Å². The third-order valence-corrected chi connectivity index (χ3v) is 4.29. The zero-order valence-corrected chi connectivity index (χ0v) is 12.3. The number of fused-ring (bicyclic) bond motifs is 1. The number of rotatable bonds is 6. The van der Waals surface area contributed by atoms with E-state index in [1.54, 1.807) is 7.11 Å². The van der Waals surface area contributed by atoms with E-state index in [2.05, 4.69) is 5.32 Å². The Morgan fingerprint density at radius 1 is 1.29 bits per heavy atom. The van der Waals surface area contributed by atoms with E-state index >= 15 is 0 Å². The molecule has 3 atom stereocenters. The molecular formula is C16H20N2O3. The molecule has 0 bridgehead atoms. The van der Waals surface area contributed by atoms with Crippen molar-refractivity contribution < 1.29 is 14.3 Å². The number of ether oxygens (including phenoxy) is 1. The highest BCUT2D eigenvalue weighted by molar-refractivity contribution is 6.08. The molecule has 0 radical (unpaired) electrons. The fraction of sp³-hybridized carbons (Fsp3) is 0.500. The molecule has 21 heavy (non-hydrogen) atoms. The molecule has 2 fully saturated rings. The monoisotopic (exact) mass is 288 g/mol. The molecule has 0 spiro atoms. The fourth-order valence-electron chi connectivity index (χ4n) is 3.09. The van der Waals surface area contributed by atoms with Crippen LogP contribution >= 0.6 is 0 Å². The first kappa shape index (κ1) is 14.1. The summed E-state index contributed by atoms with van der Waals surface area (Å²) in [4.78, 5) is 25.7. The third-order valence-electron chi connectivity index (χ3n) is 4.29. The average molecular weight is 288 g/mol. The van der Waals surface area contributed by atoms with Crippen molar-refractivity contribution >= 4 is 11.8 Å². The number of imide groups is 1. The van der Waals surface area contributed by atoms with Crippen molar-refractivity contribution in [2.24, 2.45) is 11.8 Å². The second-order valence-electron chi connectivity index (χ2n) is 5.59. The predicted molar refractivity (Wildman–Crippen MR) is 77.7 cm³/mol. The normalized spacial score (nSPS) is 25.0. The summed E-state index contributed by atoms with van der Waals surface area (Å²) in [6.45, 7) is 3.14. The van der Waals surface area contributed by atoms with E-state index in [1.807, 2.05) is 31.2 Å². The van der Waals surface area contributed by atoms with E-state index in [0.29, 0.717) is 6.54 Å². The molecular weight excluding hydrogens is 268 g/mol. The Labute approximate surface area is 124 Å². The van der Waals surface area contributed by atoms with Crippen LogP contribution in [0.25, 0.3) is 0 Å². The van der Waals surface area contributed by atoms with E-state index in [9.17, 15) is 9.59 Å². The summed E-state index contributed by atoms with van der Waals surface area (Å²) in [6.07, 6.45) is 0.745. The van der Waals surface area contributed by atoms with Crippen LogP contribution in [0.1, 0.15) is 24.9 Å². The number of para-hydroxylation sites is 1. The van der Waals surface area contributed by atoms with Crippen molar-refractivity contribution in [1.82, 2.24) is 10.2 Å². The van der Waals surface area contributed by atoms with Crippen molar-refractivity contribution in [2.75, 3.05) is 20.2 Å². The zero-order valence-electron chi connectivity index (χ0n) is 12.3. The molecule has 1 saturated heterocycles. The largest absolute Gasteiger partial charge is 0.496 e. The van der Waals surface area contributed by atoms with Gasteiger partial charge < -0.3 is 10.1 Å². The molecule has 2 aliphatic rings. The van der Waals surface area contributed by atoms with E-state index in [0.717, 1.165) is 24.3 Å². The Morgan fingerprint density at radius 3 is 2.57 bits per heavy atom. The van der Waals surface area contributed by atoms with Gasteiger partial charge in [-0.05, 0) is 19.0 Å². The number of nitrogens with one attached hydrogen (secondary N) is 1. The number of carbonyl (C=O) groups excluding carboxylic acids is 2. The lowest BCUT2D eigenvalue weighted by Crippen LogP contribution is -2.40. The topological polar surface area (TPSA) is 58.6 Å². The average Bonchev–Trinajstić information content (AvgIpc) is 3.26. The van der Waals surface area contributed by atoms with E-state index in [-0.39, 0.29) is 29.7 Å². The third kappa shape index (κ3) is 2.42. The number of piperidine rings is 1. The molecule has 5 nitrogen and oxygen atoms in total. The van der Waals surface area contributed by atoms with Crippen LogP contribution in [0.15, 0.2) is 24.3 Å². The Hall–Kier alpha value is -1.88. The number of nitrogens with zero attached hydrogens (tertiary/aromatic N) is 1. The van der Waals surface area contributed by atoms with Gasteiger partial charge >= 0.3 is 0 Å². The molecule has 1 aromatic carbocycles. The fourth-order valence-corrected chi connectivity index (χ4v) is 3.09. The maximum Gasteiger partial charge on any atom is 0.233 e. The van der Waals surface area contributed by atoms with Gasteiger partial charge in [-0.2, -0.15) is 0 Å². The minimum Gasteiger partial charge on any atom is -0.496 e. The molecule has 1 aromatic rings. The summed E-state index contributed by atoms with van der Waals surface area (Å²) in [5.41, 5.74) is 0.975. The van der Waals surface area contributed by atoms with Gasteiger partial charge in [0.1, 0.15) is 5.75 Å². The maximum absolute atomic E-state index is 12.1. The van der Waals surface area contributed by atoms with Crippen LogP contribution in [0.2, 0.25) is 0 Å². The summed E-state index contributed by atoms with van der Waals surface area (Å²) in [7, 11) is 1.63. The van der Waals surface area contributed by atoms with Gasteiger partial charge in [-0.25, -0.2) is 0 Å². The summed E-state index contributed by atoms with van der Waals surface area (Å²) < 4.78 is 5.39. The number of likely N-dealkylation sites (N-methyl/N-ethyl adjacent to an activating group) is 1. The smallest absolute Gasteiger partial charge is 0.233 e. The number of methoxy groups -OCH3 is 1. The number of likely N-dealkylation sites (tertiary alicyclic amines) is 1. The molecule has 1 aliphatic carbocycles. The lowest BCUT2D eigenvalue weighted by molar-refractivity contribution is -0.141. The Morgan fingerprint density at radius 2 is 1.95 bits per heavy atom. The second-order valence-corrected chi connectivity index (χ2v) is 5.59. The first-order valence-electron chi connectivity index (χ1n) is 7.38. The predicted octanol–water partition coefficient (Wildman–Crippen LogP) is 1.35. The summed E-state index contributed by atoms with van der Waals surface area (Å²) >= 11 is 0. The minimum atomic E-state index is -0.100. The van der Waals surface area contributed by atoms with Crippen LogP contribution in [0.3, 0.4) is 0 Å². The highest BCUT2D eigenvalue weighted by atomic mass is 16.5. The molecule has 0 aromatic heterocycles. The summed E-state index contributed by atoms with van der Waals surface area (Å²) in [6, 6.07) is 7.61. The van der Waals surface area contributed by atoms with Gasteiger partial charge in [0, 0.05) is 12.1 Å². The van der Waals surface area contributed by atoms with Crippen molar-refractivity contribution in [3.63, 3.8) is 0 Å². The molecule has 1 aliphatic heterocycles. The lowest BCUT2D eigenvalue weighted by atomic mass is 10.0. The molecule has 2 amide bonds.